The molecule has 2 aliphatic rings. The van der Waals surface area contributed by atoms with E-state index in [-0.39, 0.29) is 17.9 Å². The van der Waals surface area contributed by atoms with E-state index in [1.807, 2.05) is 47.4 Å². The van der Waals surface area contributed by atoms with Crippen LogP contribution in [0, 0.1) is 5.92 Å². The van der Waals surface area contributed by atoms with Gasteiger partial charge in [0.05, 0.1) is 18.2 Å². The van der Waals surface area contributed by atoms with Crippen LogP contribution in [0.25, 0.3) is 5.70 Å². The summed E-state index contributed by atoms with van der Waals surface area (Å²) in [5, 5.41) is 11.0. The van der Waals surface area contributed by atoms with Gasteiger partial charge in [-0.1, -0.05) is 61.2 Å². The summed E-state index contributed by atoms with van der Waals surface area (Å²) in [6, 6.07) is 17.9. The zero-order valence-electron chi connectivity index (χ0n) is 18.3. The summed E-state index contributed by atoms with van der Waals surface area (Å²) in [6.45, 7) is 5.53. The summed E-state index contributed by atoms with van der Waals surface area (Å²) >= 11 is 0. The summed E-state index contributed by atoms with van der Waals surface area (Å²) < 4.78 is 0. The van der Waals surface area contributed by atoms with Gasteiger partial charge in [-0.05, 0) is 42.7 Å². The first-order chi connectivity index (χ1) is 15.0. The van der Waals surface area contributed by atoms with Crippen molar-refractivity contribution in [2.45, 2.75) is 43.9 Å². The highest BCUT2D eigenvalue weighted by Crippen LogP contribution is 2.42. The Balaban J connectivity index is 1.30. The molecule has 164 valence electrons. The van der Waals surface area contributed by atoms with Crippen molar-refractivity contribution in [1.82, 2.24) is 9.80 Å². The Kier molecular flexibility index (Phi) is 6.44. The molecule has 4 rings (SSSR count). The van der Waals surface area contributed by atoms with Gasteiger partial charge in [0.25, 0.3) is 0 Å². The van der Waals surface area contributed by atoms with Crippen LogP contribution in [0.1, 0.15) is 42.0 Å². The minimum absolute atomic E-state index is 0.0116. The molecule has 0 spiro atoms. The van der Waals surface area contributed by atoms with Crippen LogP contribution in [0.2, 0.25) is 0 Å². The molecular formula is C26H33N3O2. The molecule has 1 amide bonds. The second-order valence-corrected chi connectivity index (χ2v) is 8.92. The van der Waals surface area contributed by atoms with Crippen molar-refractivity contribution in [2.24, 2.45) is 11.7 Å². The van der Waals surface area contributed by atoms with Gasteiger partial charge >= 0.3 is 0 Å². The Morgan fingerprint density at radius 3 is 2.48 bits per heavy atom. The average molecular weight is 420 g/mol. The SMILES string of the molecule is C=C1c2ccccc2C(CC(O)C2CCN(C(=O)[C@@H](N)Cc3ccccc3)CC2)N1C. The largest absolute Gasteiger partial charge is 0.393 e. The van der Waals surface area contributed by atoms with Gasteiger partial charge in [0.15, 0.2) is 0 Å². The standard InChI is InChI=1S/C26H33N3O2/c1-18-21-10-6-7-11-22(21)24(28(18)2)17-25(30)20-12-14-29(15-13-20)26(31)23(27)16-19-8-4-3-5-9-19/h3-11,20,23-25,30H,1,12-17,27H2,2H3/t23-,24?,25?/m0/s1. The highest BCUT2D eigenvalue weighted by atomic mass is 16.3. The number of carbonyl (C=O) groups is 1. The van der Waals surface area contributed by atoms with Gasteiger partial charge in [0.2, 0.25) is 5.91 Å². The first-order valence-corrected chi connectivity index (χ1v) is 11.2. The van der Waals surface area contributed by atoms with E-state index in [0.29, 0.717) is 25.9 Å². The number of amides is 1. The van der Waals surface area contributed by atoms with Crippen molar-refractivity contribution in [1.29, 1.82) is 0 Å². The number of nitrogens with zero attached hydrogens (tertiary/aromatic N) is 2. The van der Waals surface area contributed by atoms with Crippen molar-refractivity contribution in [3.63, 3.8) is 0 Å². The van der Waals surface area contributed by atoms with Crippen LogP contribution in [0.5, 0.6) is 0 Å². The van der Waals surface area contributed by atoms with Gasteiger partial charge in [-0.3, -0.25) is 4.79 Å². The highest BCUT2D eigenvalue weighted by Gasteiger charge is 2.35. The lowest BCUT2D eigenvalue weighted by atomic mass is 9.86. The number of rotatable bonds is 6. The Hall–Kier alpha value is -2.63. The summed E-state index contributed by atoms with van der Waals surface area (Å²) in [4.78, 5) is 16.8. The second-order valence-electron chi connectivity index (χ2n) is 8.92. The van der Waals surface area contributed by atoms with Crippen molar-refractivity contribution in [3.05, 3.63) is 77.9 Å². The maximum Gasteiger partial charge on any atom is 0.239 e. The number of hydrogen-bond donors (Lipinski definition) is 2. The predicted molar refractivity (Wildman–Crippen MR) is 124 cm³/mol. The number of aliphatic hydroxyl groups is 1. The normalized spacial score (nSPS) is 21.1. The first-order valence-electron chi connectivity index (χ1n) is 11.2. The van der Waals surface area contributed by atoms with Gasteiger partial charge in [0, 0.05) is 31.4 Å². The molecular weight excluding hydrogens is 386 g/mol. The monoisotopic (exact) mass is 419 g/mol. The van der Waals surface area contributed by atoms with E-state index in [2.05, 4.69) is 30.7 Å². The Labute approximate surface area is 185 Å². The molecule has 1 fully saturated rings. The van der Waals surface area contributed by atoms with Crippen LogP contribution in [-0.2, 0) is 11.2 Å². The Morgan fingerprint density at radius 1 is 1.13 bits per heavy atom. The molecule has 5 nitrogen and oxygen atoms in total. The molecule has 2 heterocycles. The molecule has 0 saturated carbocycles. The third-order valence-corrected chi connectivity index (χ3v) is 7.00. The quantitative estimate of drug-likeness (QED) is 0.754. The van der Waals surface area contributed by atoms with Gasteiger partial charge in [0.1, 0.15) is 0 Å². The minimum atomic E-state index is -0.515. The molecule has 31 heavy (non-hydrogen) atoms. The van der Waals surface area contributed by atoms with E-state index in [1.165, 1.54) is 11.1 Å². The van der Waals surface area contributed by atoms with Crippen LogP contribution in [0.3, 0.4) is 0 Å². The second kappa shape index (κ2) is 9.25. The average Bonchev–Trinajstić information content (AvgIpc) is 3.04. The molecule has 3 N–H and O–H groups in total. The number of hydrogen-bond acceptors (Lipinski definition) is 4. The zero-order valence-corrected chi connectivity index (χ0v) is 18.3. The lowest BCUT2D eigenvalue weighted by Gasteiger charge is -2.36. The third kappa shape index (κ3) is 4.53. The molecule has 0 aliphatic carbocycles. The molecule has 0 bridgehead atoms. The molecule has 2 aromatic rings. The van der Waals surface area contributed by atoms with Crippen molar-refractivity contribution in [2.75, 3.05) is 20.1 Å². The van der Waals surface area contributed by atoms with E-state index in [4.69, 9.17) is 5.73 Å². The van der Waals surface area contributed by atoms with Crippen LogP contribution in [-0.4, -0.2) is 53.1 Å². The fraction of sp³-hybridized carbons (Fsp3) is 0.423. The van der Waals surface area contributed by atoms with E-state index in [1.54, 1.807) is 0 Å². The fourth-order valence-corrected chi connectivity index (χ4v) is 5.04. The molecule has 3 atom stereocenters. The fourth-order valence-electron chi connectivity index (χ4n) is 5.04. The van der Waals surface area contributed by atoms with E-state index in [0.717, 1.165) is 24.1 Å². The van der Waals surface area contributed by atoms with Gasteiger partial charge in [-0.25, -0.2) is 0 Å². The summed E-state index contributed by atoms with van der Waals surface area (Å²) in [5.74, 6) is 0.210. The smallest absolute Gasteiger partial charge is 0.239 e. The zero-order chi connectivity index (χ0) is 22.0. The van der Waals surface area contributed by atoms with E-state index in [9.17, 15) is 9.90 Å². The van der Waals surface area contributed by atoms with Crippen LogP contribution in [0.15, 0.2) is 61.2 Å². The lowest BCUT2D eigenvalue weighted by Crippen LogP contribution is -2.49. The minimum Gasteiger partial charge on any atom is -0.393 e. The maximum absolute atomic E-state index is 12.8. The summed E-state index contributed by atoms with van der Waals surface area (Å²) in [7, 11) is 2.05. The molecule has 2 unspecified atom stereocenters. The lowest BCUT2D eigenvalue weighted by molar-refractivity contribution is -0.134. The van der Waals surface area contributed by atoms with E-state index < -0.39 is 12.1 Å². The van der Waals surface area contributed by atoms with Gasteiger partial charge in [-0.15, -0.1) is 0 Å². The number of fused-ring (bicyclic) bond motifs is 1. The molecule has 5 heteroatoms. The van der Waals surface area contributed by atoms with Crippen molar-refractivity contribution < 1.29 is 9.90 Å². The third-order valence-electron chi connectivity index (χ3n) is 7.00. The summed E-state index contributed by atoms with van der Waals surface area (Å²) in [6.07, 6.45) is 2.45. The molecule has 0 radical (unpaired) electrons. The van der Waals surface area contributed by atoms with Crippen LogP contribution >= 0.6 is 0 Å². The molecule has 2 aliphatic heterocycles. The number of benzene rings is 2. The van der Waals surface area contributed by atoms with Crippen molar-refractivity contribution >= 4 is 11.6 Å². The summed E-state index contributed by atoms with van der Waals surface area (Å²) in [5.41, 5.74) is 10.7. The Morgan fingerprint density at radius 2 is 1.77 bits per heavy atom. The number of nitrogens with two attached hydrogens (primary N) is 1. The highest BCUT2D eigenvalue weighted by molar-refractivity contribution is 5.82. The number of likely N-dealkylation sites (tertiary alicyclic amines) is 1. The van der Waals surface area contributed by atoms with Crippen LogP contribution in [0.4, 0.5) is 0 Å². The maximum atomic E-state index is 12.8. The Bertz CT molecular complexity index is 921. The topological polar surface area (TPSA) is 69.8 Å². The molecule has 2 aromatic carbocycles. The molecule has 0 aromatic heterocycles. The van der Waals surface area contributed by atoms with Crippen LogP contribution < -0.4 is 5.73 Å². The van der Waals surface area contributed by atoms with Crippen molar-refractivity contribution in [3.8, 4) is 0 Å². The number of piperidine rings is 1. The number of carbonyl (C=O) groups excluding carboxylic acids is 1. The molecule has 1 saturated heterocycles. The predicted octanol–water partition coefficient (Wildman–Crippen LogP) is 3.20. The van der Waals surface area contributed by atoms with Gasteiger partial charge in [-0.2, -0.15) is 0 Å². The van der Waals surface area contributed by atoms with E-state index >= 15 is 0 Å². The number of aliphatic hydroxyl groups excluding tert-OH is 1. The van der Waals surface area contributed by atoms with Gasteiger partial charge < -0.3 is 20.6 Å². The first kappa shape index (κ1) is 21.6.